The molecule has 1 aromatic rings. The Kier molecular flexibility index (Phi) is 4.84. The highest BCUT2D eigenvalue weighted by atomic mass is 15.3. The molecule has 0 aliphatic heterocycles. The molecular weight excluding hydrogens is 246 g/mol. The van der Waals surface area contributed by atoms with E-state index in [1.165, 1.54) is 36.8 Å². The summed E-state index contributed by atoms with van der Waals surface area (Å²) in [4.78, 5) is 2.38. The number of nitrogens with one attached hydrogen (secondary N) is 1. The third-order valence-corrected chi connectivity index (χ3v) is 5.23. The van der Waals surface area contributed by atoms with Gasteiger partial charge < -0.3 is 4.90 Å². The Morgan fingerprint density at radius 3 is 2.35 bits per heavy atom. The second-order valence-corrected chi connectivity index (χ2v) is 6.64. The predicted octanol–water partition coefficient (Wildman–Crippen LogP) is 3.01. The zero-order chi connectivity index (χ0) is 14.8. The van der Waals surface area contributed by atoms with Gasteiger partial charge in [-0.05, 0) is 63.7 Å². The van der Waals surface area contributed by atoms with E-state index in [9.17, 15) is 0 Å². The summed E-state index contributed by atoms with van der Waals surface area (Å²) in [5.41, 5.74) is 5.89. The molecule has 3 heteroatoms. The summed E-state index contributed by atoms with van der Waals surface area (Å²) >= 11 is 0. The van der Waals surface area contributed by atoms with Crippen LogP contribution in [0.25, 0.3) is 0 Å². The number of hydrogen-bond acceptors (Lipinski definition) is 3. The van der Waals surface area contributed by atoms with E-state index >= 15 is 0 Å². The average molecular weight is 275 g/mol. The van der Waals surface area contributed by atoms with Crippen molar-refractivity contribution in [3.63, 3.8) is 0 Å². The molecule has 0 radical (unpaired) electrons. The van der Waals surface area contributed by atoms with E-state index in [0.29, 0.717) is 0 Å². The van der Waals surface area contributed by atoms with Crippen molar-refractivity contribution in [1.29, 1.82) is 0 Å². The van der Waals surface area contributed by atoms with Gasteiger partial charge in [0.2, 0.25) is 0 Å². The molecule has 0 heterocycles. The molecule has 0 saturated heterocycles. The second-order valence-electron chi connectivity index (χ2n) is 6.64. The summed E-state index contributed by atoms with van der Waals surface area (Å²) in [6.07, 6.45) is 4.96. The van der Waals surface area contributed by atoms with Crippen molar-refractivity contribution in [3.8, 4) is 0 Å². The molecule has 20 heavy (non-hydrogen) atoms. The number of nitrogens with zero attached hydrogens (tertiary/aromatic N) is 1. The van der Waals surface area contributed by atoms with Crippen LogP contribution in [0.4, 0.5) is 0 Å². The standard InChI is InChI=1S/C17H29N3/c1-13-9-11-17(12-10-13,20(3)4)16(19-18)15-8-6-5-7-14(15)2/h5-8,13,16,19H,9-12,18H2,1-4H3. The van der Waals surface area contributed by atoms with Crippen molar-refractivity contribution >= 4 is 0 Å². The van der Waals surface area contributed by atoms with Crippen molar-refractivity contribution in [2.75, 3.05) is 14.1 Å². The molecule has 3 N–H and O–H groups in total. The first-order chi connectivity index (χ1) is 9.51. The lowest BCUT2D eigenvalue weighted by atomic mass is 9.70. The van der Waals surface area contributed by atoms with Crippen LogP contribution in [0.3, 0.4) is 0 Å². The summed E-state index contributed by atoms with van der Waals surface area (Å²) < 4.78 is 0. The third kappa shape index (κ3) is 2.76. The first kappa shape index (κ1) is 15.5. The molecular formula is C17H29N3. The summed E-state index contributed by atoms with van der Waals surface area (Å²) in [5, 5.41) is 0. The van der Waals surface area contributed by atoms with Crippen LogP contribution in [0.15, 0.2) is 24.3 Å². The van der Waals surface area contributed by atoms with Crippen molar-refractivity contribution in [2.24, 2.45) is 11.8 Å². The van der Waals surface area contributed by atoms with Gasteiger partial charge >= 0.3 is 0 Å². The molecule has 0 spiro atoms. The fraction of sp³-hybridized carbons (Fsp3) is 0.647. The summed E-state index contributed by atoms with van der Waals surface area (Å²) in [5.74, 6) is 6.82. The van der Waals surface area contributed by atoms with Crippen LogP contribution in [0, 0.1) is 12.8 Å². The Hall–Kier alpha value is -0.900. The number of nitrogens with two attached hydrogens (primary N) is 1. The molecule has 1 atom stereocenters. The van der Waals surface area contributed by atoms with Crippen LogP contribution < -0.4 is 11.3 Å². The van der Waals surface area contributed by atoms with E-state index < -0.39 is 0 Å². The summed E-state index contributed by atoms with van der Waals surface area (Å²) in [7, 11) is 4.39. The minimum atomic E-state index is 0.118. The van der Waals surface area contributed by atoms with Gasteiger partial charge in [0.05, 0.1) is 6.04 Å². The fourth-order valence-electron chi connectivity index (χ4n) is 3.70. The van der Waals surface area contributed by atoms with E-state index in [1.54, 1.807) is 0 Å². The molecule has 0 amide bonds. The van der Waals surface area contributed by atoms with Gasteiger partial charge in [-0.1, -0.05) is 31.2 Å². The van der Waals surface area contributed by atoms with Gasteiger partial charge in [-0.2, -0.15) is 0 Å². The van der Waals surface area contributed by atoms with E-state index in [2.05, 4.69) is 62.5 Å². The zero-order valence-corrected chi connectivity index (χ0v) is 13.3. The molecule has 0 bridgehead atoms. The molecule has 1 unspecified atom stereocenters. The Labute approximate surface area is 123 Å². The maximum atomic E-state index is 5.99. The summed E-state index contributed by atoms with van der Waals surface area (Å²) in [6, 6.07) is 8.78. The van der Waals surface area contributed by atoms with Crippen molar-refractivity contribution in [3.05, 3.63) is 35.4 Å². The van der Waals surface area contributed by atoms with Crippen molar-refractivity contribution in [1.82, 2.24) is 10.3 Å². The lowest BCUT2D eigenvalue weighted by Crippen LogP contribution is -2.57. The minimum absolute atomic E-state index is 0.118. The first-order valence-electron chi connectivity index (χ1n) is 7.70. The number of likely N-dealkylation sites (N-methyl/N-ethyl adjacent to an activating group) is 1. The fourth-order valence-corrected chi connectivity index (χ4v) is 3.70. The van der Waals surface area contributed by atoms with E-state index in [0.717, 1.165) is 5.92 Å². The van der Waals surface area contributed by atoms with Gasteiger partial charge in [0, 0.05) is 5.54 Å². The lowest BCUT2D eigenvalue weighted by molar-refractivity contribution is 0.0426. The highest BCUT2D eigenvalue weighted by molar-refractivity contribution is 5.31. The molecule has 1 aromatic carbocycles. The Morgan fingerprint density at radius 2 is 1.85 bits per heavy atom. The van der Waals surface area contributed by atoms with Gasteiger partial charge in [0.25, 0.3) is 0 Å². The quantitative estimate of drug-likeness (QED) is 0.655. The van der Waals surface area contributed by atoms with Crippen molar-refractivity contribution in [2.45, 2.75) is 51.1 Å². The molecule has 2 rings (SSSR count). The van der Waals surface area contributed by atoms with Crippen LogP contribution >= 0.6 is 0 Å². The van der Waals surface area contributed by atoms with Crippen LogP contribution in [0.1, 0.15) is 49.8 Å². The molecule has 1 saturated carbocycles. The van der Waals surface area contributed by atoms with Crippen LogP contribution in [-0.2, 0) is 0 Å². The first-order valence-corrected chi connectivity index (χ1v) is 7.70. The number of hydrogen-bond donors (Lipinski definition) is 2. The molecule has 0 aromatic heterocycles. The maximum Gasteiger partial charge on any atom is 0.0646 e. The van der Waals surface area contributed by atoms with Gasteiger partial charge in [0.1, 0.15) is 0 Å². The van der Waals surface area contributed by atoms with Gasteiger partial charge in [0.15, 0.2) is 0 Å². The Balaban J connectivity index is 2.38. The lowest BCUT2D eigenvalue weighted by Gasteiger charge is -2.50. The topological polar surface area (TPSA) is 41.3 Å². The van der Waals surface area contributed by atoms with E-state index in [1.807, 2.05) is 0 Å². The molecule has 3 nitrogen and oxygen atoms in total. The predicted molar refractivity (Wildman–Crippen MR) is 85.3 cm³/mol. The minimum Gasteiger partial charge on any atom is -0.302 e. The normalized spacial score (nSPS) is 28.6. The Morgan fingerprint density at radius 1 is 1.25 bits per heavy atom. The molecule has 1 aliphatic carbocycles. The third-order valence-electron chi connectivity index (χ3n) is 5.23. The SMILES string of the molecule is Cc1ccccc1C(NN)C1(N(C)C)CCC(C)CC1. The van der Waals surface area contributed by atoms with Crippen LogP contribution in [-0.4, -0.2) is 24.5 Å². The average Bonchev–Trinajstić information content (AvgIpc) is 2.43. The largest absolute Gasteiger partial charge is 0.302 e. The van der Waals surface area contributed by atoms with Gasteiger partial charge in [-0.15, -0.1) is 0 Å². The molecule has 1 aliphatic rings. The number of aryl methyl sites for hydroxylation is 1. The highest BCUT2D eigenvalue weighted by Crippen LogP contribution is 2.43. The van der Waals surface area contributed by atoms with Crippen LogP contribution in [0.5, 0.6) is 0 Å². The Bertz CT molecular complexity index is 434. The molecule has 1 fully saturated rings. The smallest absolute Gasteiger partial charge is 0.0646 e. The number of hydrazine groups is 1. The zero-order valence-electron chi connectivity index (χ0n) is 13.3. The van der Waals surface area contributed by atoms with E-state index in [4.69, 9.17) is 5.84 Å². The number of benzene rings is 1. The van der Waals surface area contributed by atoms with E-state index in [-0.39, 0.29) is 11.6 Å². The van der Waals surface area contributed by atoms with Crippen molar-refractivity contribution < 1.29 is 0 Å². The number of rotatable bonds is 4. The molecule has 112 valence electrons. The van der Waals surface area contributed by atoms with Gasteiger partial charge in [-0.25, -0.2) is 0 Å². The summed E-state index contributed by atoms with van der Waals surface area (Å²) in [6.45, 7) is 4.53. The second kappa shape index (κ2) is 6.25. The van der Waals surface area contributed by atoms with Gasteiger partial charge in [-0.3, -0.25) is 11.3 Å². The highest BCUT2D eigenvalue weighted by Gasteiger charge is 2.43. The maximum absolute atomic E-state index is 5.99. The monoisotopic (exact) mass is 275 g/mol. The van der Waals surface area contributed by atoms with Crippen LogP contribution in [0.2, 0.25) is 0 Å².